The Kier molecular flexibility index (Phi) is 7.81. The van der Waals surface area contributed by atoms with E-state index < -0.39 is 29.7 Å². The number of nitrogens with zero attached hydrogens (tertiary/aromatic N) is 1. The third-order valence-electron chi connectivity index (χ3n) is 3.92. The van der Waals surface area contributed by atoms with E-state index in [-0.39, 0.29) is 42.0 Å². The first-order chi connectivity index (χ1) is 13.7. The molecule has 0 bridgehead atoms. The second-order valence-electron chi connectivity index (χ2n) is 6.65. The van der Waals surface area contributed by atoms with E-state index >= 15 is 0 Å². The fourth-order valence-corrected chi connectivity index (χ4v) is 2.72. The van der Waals surface area contributed by atoms with Crippen LogP contribution >= 0.6 is 0 Å². The number of carbonyl (C=O) groups excluding carboxylic acids is 2. The van der Waals surface area contributed by atoms with Gasteiger partial charge in [-0.2, -0.15) is 0 Å². The molecule has 8 heteroatoms. The van der Waals surface area contributed by atoms with Crippen LogP contribution in [0.1, 0.15) is 23.7 Å². The molecule has 29 heavy (non-hydrogen) atoms. The first kappa shape index (κ1) is 22.4. The van der Waals surface area contributed by atoms with E-state index in [1.165, 1.54) is 24.3 Å². The molecule has 2 aromatic rings. The van der Waals surface area contributed by atoms with Crippen molar-refractivity contribution in [1.29, 1.82) is 0 Å². The van der Waals surface area contributed by atoms with Crippen LogP contribution < -0.4 is 4.74 Å². The van der Waals surface area contributed by atoms with E-state index in [0.29, 0.717) is 0 Å². The minimum Gasteiger partial charge on any atom is -0.462 e. The Labute approximate surface area is 167 Å². The molecule has 0 aliphatic rings. The van der Waals surface area contributed by atoms with Gasteiger partial charge in [0.05, 0.1) is 19.1 Å². The normalized spacial score (nSPS) is 12.0. The van der Waals surface area contributed by atoms with E-state index in [1.54, 1.807) is 25.9 Å². The van der Waals surface area contributed by atoms with Crippen molar-refractivity contribution in [2.24, 2.45) is 0 Å². The van der Waals surface area contributed by atoms with Gasteiger partial charge in [0.25, 0.3) is 0 Å². The summed E-state index contributed by atoms with van der Waals surface area (Å²) in [5.74, 6) is -3.08. The molecule has 0 amide bonds. The number of hydrogen-bond donors (Lipinski definition) is 1. The lowest BCUT2D eigenvalue weighted by Gasteiger charge is -2.16. The van der Waals surface area contributed by atoms with E-state index in [0.717, 1.165) is 12.1 Å². The number of aliphatic hydroxyl groups is 1. The van der Waals surface area contributed by atoms with Crippen molar-refractivity contribution in [3.8, 4) is 16.9 Å². The molecular formula is C21H23F2NO5. The summed E-state index contributed by atoms with van der Waals surface area (Å²) in [5, 5.41) is 9.87. The van der Waals surface area contributed by atoms with Gasteiger partial charge in [0, 0.05) is 18.2 Å². The Hall–Kier alpha value is -2.84. The average Bonchev–Trinajstić information content (AvgIpc) is 2.61. The number of esters is 2. The molecule has 0 fully saturated rings. The monoisotopic (exact) mass is 407 g/mol. The van der Waals surface area contributed by atoms with Crippen LogP contribution in [0.5, 0.6) is 5.75 Å². The van der Waals surface area contributed by atoms with Crippen LogP contribution in [0.4, 0.5) is 8.78 Å². The van der Waals surface area contributed by atoms with Crippen LogP contribution in [0.3, 0.4) is 0 Å². The van der Waals surface area contributed by atoms with Crippen LogP contribution in [0.2, 0.25) is 0 Å². The molecule has 2 aromatic carbocycles. The first-order valence-electron chi connectivity index (χ1n) is 9.01. The van der Waals surface area contributed by atoms with Gasteiger partial charge >= 0.3 is 11.9 Å². The van der Waals surface area contributed by atoms with Gasteiger partial charge in [0.1, 0.15) is 22.9 Å². The quantitative estimate of drug-likeness (QED) is 0.536. The van der Waals surface area contributed by atoms with Gasteiger partial charge in [-0.25, -0.2) is 13.6 Å². The molecule has 2 rings (SSSR count). The molecule has 1 unspecified atom stereocenters. The highest BCUT2D eigenvalue weighted by Gasteiger charge is 2.20. The van der Waals surface area contributed by atoms with Gasteiger partial charge in [-0.15, -0.1) is 0 Å². The highest BCUT2D eigenvalue weighted by atomic mass is 19.1. The van der Waals surface area contributed by atoms with Crippen LogP contribution in [0.15, 0.2) is 36.4 Å². The van der Waals surface area contributed by atoms with E-state index in [4.69, 9.17) is 9.47 Å². The third kappa shape index (κ3) is 6.33. The number of rotatable bonds is 8. The van der Waals surface area contributed by atoms with E-state index in [9.17, 15) is 23.5 Å². The second kappa shape index (κ2) is 10.1. The van der Waals surface area contributed by atoms with Crippen molar-refractivity contribution in [2.45, 2.75) is 19.4 Å². The number of likely N-dealkylation sites (N-methyl/N-ethyl adjacent to an activating group) is 1. The van der Waals surface area contributed by atoms with Gasteiger partial charge in [0.15, 0.2) is 0 Å². The van der Waals surface area contributed by atoms with Crippen molar-refractivity contribution < 1.29 is 33.0 Å². The summed E-state index contributed by atoms with van der Waals surface area (Å²) in [5.41, 5.74) is 0.290. The topological polar surface area (TPSA) is 76.1 Å². The number of ether oxygens (including phenoxy) is 2. The second-order valence-corrected chi connectivity index (χ2v) is 6.65. The maximum absolute atomic E-state index is 14.1. The molecule has 0 saturated heterocycles. The third-order valence-corrected chi connectivity index (χ3v) is 3.92. The van der Waals surface area contributed by atoms with Crippen molar-refractivity contribution in [3.63, 3.8) is 0 Å². The highest BCUT2D eigenvalue weighted by Crippen LogP contribution is 2.30. The Balaban J connectivity index is 2.32. The first-order valence-corrected chi connectivity index (χ1v) is 9.01. The van der Waals surface area contributed by atoms with Crippen molar-refractivity contribution in [1.82, 2.24) is 4.90 Å². The standard InChI is InChI=1S/C21H23F2NO5/c1-4-28-21(27)17-9-13(16-7-6-14(22)10-18(16)23)5-8-19(17)29-20(26)11-15(25)12-24(2)3/h5-10,15,25H,4,11-12H2,1-3H3. The van der Waals surface area contributed by atoms with Crippen molar-refractivity contribution in [2.75, 3.05) is 27.2 Å². The summed E-state index contributed by atoms with van der Waals surface area (Å²) >= 11 is 0. The predicted molar refractivity (Wildman–Crippen MR) is 103 cm³/mol. The molecule has 0 heterocycles. The molecule has 0 aliphatic carbocycles. The zero-order valence-electron chi connectivity index (χ0n) is 16.4. The zero-order valence-corrected chi connectivity index (χ0v) is 16.4. The minimum atomic E-state index is -0.934. The number of carbonyl (C=O) groups is 2. The SMILES string of the molecule is CCOC(=O)c1cc(-c2ccc(F)cc2F)ccc1OC(=O)CC(O)CN(C)C. The van der Waals surface area contributed by atoms with Gasteiger partial charge < -0.3 is 19.5 Å². The van der Waals surface area contributed by atoms with Gasteiger partial charge in [0.2, 0.25) is 0 Å². The highest BCUT2D eigenvalue weighted by molar-refractivity contribution is 5.95. The van der Waals surface area contributed by atoms with E-state index in [2.05, 4.69) is 0 Å². The molecule has 0 aromatic heterocycles. The Morgan fingerprint density at radius 1 is 1.14 bits per heavy atom. The molecule has 6 nitrogen and oxygen atoms in total. The lowest BCUT2D eigenvalue weighted by molar-refractivity contribution is -0.136. The van der Waals surface area contributed by atoms with Gasteiger partial charge in [-0.05, 0) is 50.8 Å². The lowest BCUT2D eigenvalue weighted by Crippen LogP contribution is -2.29. The summed E-state index contributed by atoms with van der Waals surface area (Å²) in [6.45, 7) is 1.97. The summed E-state index contributed by atoms with van der Waals surface area (Å²) in [6, 6.07) is 7.17. The Bertz CT molecular complexity index is 885. The summed E-state index contributed by atoms with van der Waals surface area (Å²) in [4.78, 5) is 26.2. The number of hydrogen-bond acceptors (Lipinski definition) is 6. The van der Waals surface area contributed by atoms with Crippen LogP contribution in [0, 0.1) is 11.6 Å². The Morgan fingerprint density at radius 2 is 1.86 bits per heavy atom. The maximum Gasteiger partial charge on any atom is 0.341 e. The number of benzene rings is 2. The van der Waals surface area contributed by atoms with Crippen LogP contribution in [-0.2, 0) is 9.53 Å². The summed E-state index contributed by atoms with van der Waals surface area (Å²) < 4.78 is 37.5. The molecule has 0 spiro atoms. The molecular weight excluding hydrogens is 384 g/mol. The predicted octanol–water partition coefficient (Wildman–Crippen LogP) is 3.03. The van der Waals surface area contributed by atoms with Crippen LogP contribution in [-0.4, -0.2) is 55.3 Å². The summed E-state index contributed by atoms with van der Waals surface area (Å²) in [7, 11) is 3.50. The smallest absolute Gasteiger partial charge is 0.341 e. The molecule has 0 aliphatic heterocycles. The number of halogens is 2. The zero-order chi connectivity index (χ0) is 21.6. The fraction of sp³-hybridized carbons (Fsp3) is 0.333. The summed E-state index contributed by atoms with van der Waals surface area (Å²) in [6.07, 6.45) is -1.20. The molecule has 0 saturated carbocycles. The average molecular weight is 407 g/mol. The number of aliphatic hydroxyl groups excluding tert-OH is 1. The van der Waals surface area contributed by atoms with E-state index in [1.807, 2.05) is 0 Å². The molecule has 1 N–H and O–H groups in total. The van der Waals surface area contributed by atoms with Gasteiger partial charge in [-0.3, -0.25) is 4.79 Å². The van der Waals surface area contributed by atoms with Crippen LogP contribution in [0.25, 0.3) is 11.1 Å². The lowest BCUT2D eigenvalue weighted by atomic mass is 10.0. The molecule has 0 radical (unpaired) electrons. The minimum absolute atomic E-state index is 0.0724. The molecule has 1 atom stereocenters. The molecule has 156 valence electrons. The van der Waals surface area contributed by atoms with Gasteiger partial charge in [-0.1, -0.05) is 6.07 Å². The van der Waals surface area contributed by atoms with Crippen molar-refractivity contribution >= 4 is 11.9 Å². The van der Waals surface area contributed by atoms with Crippen molar-refractivity contribution in [3.05, 3.63) is 53.6 Å². The maximum atomic E-state index is 14.1. The fourth-order valence-electron chi connectivity index (χ4n) is 2.72. The Morgan fingerprint density at radius 3 is 2.48 bits per heavy atom. The largest absolute Gasteiger partial charge is 0.462 e.